The Bertz CT molecular complexity index is 793. The number of urea groups is 1. The molecule has 0 saturated heterocycles. The van der Waals surface area contributed by atoms with Crippen molar-refractivity contribution < 1.29 is 14.3 Å². The van der Waals surface area contributed by atoms with Crippen LogP contribution in [0.5, 0.6) is 17.2 Å². The molecule has 2 rings (SSSR count). The topological polar surface area (TPSA) is 111 Å². The Balaban J connectivity index is 2.46. The van der Waals surface area contributed by atoms with E-state index in [4.69, 9.17) is 15.2 Å². The summed E-state index contributed by atoms with van der Waals surface area (Å²) in [6.07, 6.45) is 1.53. The van der Waals surface area contributed by atoms with Crippen LogP contribution in [0.15, 0.2) is 18.3 Å². The number of ether oxygens (including phenoxy) is 2. The molecule has 0 aliphatic rings. The predicted molar refractivity (Wildman–Crippen MR) is 101 cm³/mol. The lowest BCUT2D eigenvalue weighted by Gasteiger charge is -2.19. The largest absolute Gasteiger partial charge is 0.495 e. The molecule has 0 fully saturated rings. The number of hydrogen-bond donors (Lipinski definition) is 3. The Morgan fingerprint density at radius 3 is 2.58 bits per heavy atom. The third kappa shape index (κ3) is 4.53. The van der Waals surface area contributed by atoms with E-state index in [9.17, 15) is 4.79 Å². The molecule has 1 aromatic heterocycles. The number of hydrogen-bond acceptors (Lipinski definition) is 6. The van der Waals surface area contributed by atoms with Crippen molar-refractivity contribution in [3.05, 3.63) is 29.7 Å². The number of nitrogen functional groups attached to an aromatic ring is 1. The summed E-state index contributed by atoms with van der Waals surface area (Å²) in [6, 6.07) is 3.22. The lowest BCUT2D eigenvalue weighted by molar-refractivity contribution is 0.252. The van der Waals surface area contributed by atoms with Crippen LogP contribution in [0.3, 0.4) is 0 Å². The lowest BCUT2D eigenvalue weighted by atomic mass is 10.0. The van der Waals surface area contributed by atoms with E-state index in [2.05, 4.69) is 20.6 Å². The molecule has 0 spiro atoms. The molecule has 0 radical (unpaired) electrons. The van der Waals surface area contributed by atoms with Crippen molar-refractivity contribution in [1.29, 1.82) is 0 Å². The van der Waals surface area contributed by atoms with Crippen LogP contribution in [0, 0.1) is 6.92 Å². The number of nitrogens with one attached hydrogen (secondary N) is 2. The highest BCUT2D eigenvalue weighted by Gasteiger charge is 2.17. The van der Waals surface area contributed by atoms with E-state index in [1.54, 1.807) is 20.1 Å². The summed E-state index contributed by atoms with van der Waals surface area (Å²) < 4.78 is 11.4. The number of nitrogens with zero attached hydrogens (tertiary/aromatic N) is 2. The molecule has 1 heterocycles. The van der Waals surface area contributed by atoms with Gasteiger partial charge in [-0.05, 0) is 25.8 Å². The number of methoxy groups -OCH3 is 1. The minimum absolute atomic E-state index is 0.157. The van der Waals surface area contributed by atoms with Gasteiger partial charge in [-0.15, -0.1) is 0 Å². The number of amides is 2. The van der Waals surface area contributed by atoms with Crippen LogP contribution in [-0.4, -0.2) is 29.7 Å². The standard InChI is InChI=1S/C18H25N5O3/c1-6-20-18(24)23-13-8-14(12(10(2)3)7-15(13)25-5)26-16-9-21-11(4)22-17(16)19/h7-10H,6H2,1-5H3,(H2,19,21,22)(H2,20,23,24). The number of nitrogens with two attached hydrogens (primary N) is 1. The maximum absolute atomic E-state index is 11.9. The van der Waals surface area contributed by atoms with Crippen LogP contribution in [0.2, 0.25) is 0 Å². The zero-order valence-corrected chi connectivity index (χ0v) is 15.7. The number of anilines is 2. The summed E-state index contributed by atoms with van der Waals surface area (Å²) >= 11 is 0. The Hall–Kier alpha value is -3.03. The monoisotopic (exact) mass is 359 g/mol. The molecule has 26 heavy (non-hydrogen) atoms. The Morgan fingerprint density at radius 1 is 1.27 bits per heavy atom. The van der Waals surface area contributed by atoms with Crippen molar-refractivity contribution in [3.8, 4) is 17.2 Å². The van der Waals surface area contributed by atoms with E-state index < -0.39 is 0 Å². The zero-order chi connectivity index (χ0) is 19.3. The molecular weight excluding hydrogens is 334 g/mol. The molecule has 1 aromatic carbocycles. The Morgan fingerprint density at radius 2 is 2.00 bits per heavy atom. The van der Waals surface area contributed by atoms with Gasteiger partial charge in [0.15, 0.2) is 11.6 Å². The average Bonchev–Trinajstić information content (AvgIpc) is 2.57. The van der Waals surface area contributed by atoms with Gasteiger partial charge >= 0.3 is 6.03 Å². The third-order valence-corrected chi connectivity index (χ3v) is 3.66. The fraction of sp³-hybridized carbons (Fsp3) is 0.389. The number of carbonyl (C=O) groups excluding carboxylic acids is 1. The lowest BCUT2D eigenvalue weighted by Crippen LogP contribution is -2.28. The molecule has 0 saturated carbocycles. The fourth-order valence-electron chi connectivity index (χ4n) is 2.38. The summed E-state index contributed by atoms with van der Waals surface area (Å²) in [5.41, 5.74) is 7.33. The second-order valence-electron chi connectivity index (χ2n) is 6.00. The van der Waals surface area contributed by atoms with Crippen molar-refractivity contribution >= 4 is 17.5 Å². The molecule has 0 atom stereocenters. The zero-order valence-electron chi connectivity index (χ0n) is 15.7. The minimum atomic E-state index is -0.327. The second kappa shape index (κ2) is 8.37. The normalized spacial score (nSPS) is 10.5. The molecular formula is C18H25N5O3. The summed E-state index contributed by atoms with van der Waals surface area (Å²) in [4.78, 5) is 20.1. The third-order valence-electron chi connectivity index (χ3n) is 3.66. The van der Waals surface area contributed by atoms with Gasteiger partial charge in [-0.25, -0.2) is 14.8 Å². The quantitative estimate of drug-likeness (QED) is 0.728. The first-order chi connectivity index (χ1) is 12.3. The SMILES string of the molecule is CCNC(=O)Nc1cc(Oc2cnc(C)nc2N)c(C(C)C)cc1OC. The van der Waals surface area contributed by atoms with Gasteiger partial charge < -0.3 is 25.8 Å². The number of benzene rings is 1. The van der Waals surface area contributed by atoms with Crippen molar-refractivity contribution in [2.24, 2.45) is 0 Å². The van der Waals surface area contributed by atoms with Crippen LogP contribution in [0.25, 0.3) is 0 Å². The highest BCUT2D eigenvalue weighted by molar-refractivity contribution is 5.91. The highest BCUT2D eigenvalue weighted by Crippen LogP contribution is 2.39. The highest BCUT2D eigenvalue weighted by atomic mass is 16.5. The van der Waals surface area contributed by atoms with Crippen LogP contribution >= 0.6 is 0 Å². The summed E-state index contributed by atoms with van der Waals surface area (Å²) in [6.45, 7) is 8.18. The molecule has 0 aliphatic heterocycles. The smallest absolute Gasteiger partial charge is 0.319 e. The van der Waals surface area contributed by atoms with Crippen LogP contribution in [0.4, 0.5) is 16.3 Å². The summed E-state index contributed by atoms with van der Waals surface area (Å²) in [5.74, 6) is 2.41. The Labute approximate surface area is 153 Å². The molecule has 0 aliphatic carbocycles. The maximum atomic E-state index is 11.9. The van der Waals surface area contributed by atoms with E-state index in [1.807, 2.05) is 26.8 Å². The first-order valence-corrected chi connectivity index (χ1v) is 8.39. The summed E-state index contributed by atoms with van der Waals surface area (Å²) in [5, 5.41) is 5.44. The summed E-state index contributed by atoms with van der Waals surface area (Å²) in [7, 11) is 1.55. The second-order valence-corrected chi connectivity index (χ2v) is 6.00. The van der Waals surface area contributed by atoms with Gasteiger partial charge in [-0.1, -0.05) is 13.8 Å². The van der Waals surface area contributed by atoms with Gasteiger partial charge in [0.2, 0.25) is 0 Å². The van der Waals surface area contributed by atoms with Gasteiger partial charge in [0.1, 0.15) is 17.3 Å². The minimum Gasteiger partial charge on any atom is -0.495 e. The van der Waals surface area contributed by atoms with E-state index in [0.29, 0.717) is 35.3 Å². The van der Waals surface area contributed by atoms with Gasteiger partial charge in [0, 0.05) is 18.2 Å². The van der Waals surface area contributed by atoms with E-state index in [1.165, 1.54) is 6.20 Å². The van der Waals surface area contributed by atoms with E-state index >= 15 is 0 Å². The predicted octanol–water partition coefficient (Wildman–Crippen LogP) is 3.43. The van der Waals surface area contributed by atoms with Gasteiger partial charge in [-0.3, -0.25) is 0 Å². The molecule has 2 aromatic rings. The van der Waals surface area contributed by atoms with Gasteiger partial charge in [0.05, 0.1) is 19.0 Å². The molecule has 8 heteroatoms. The van der Waals surface area contributed by atoms with Gasteiger partial charge in [0.25, 0.3) is 0 Å². The molecule has 0 unspecified atom stereocenters. The number of aromatic nitrogens is 2. The van der Waals surface area contributed by atoms with Crippen molar-refractivity contribution in [1.82, 2.24) is 15.3 Å². The number of rotatable bonds is 6. The number of aryl methyl sites for hydroxylation is 1. The van der Waals surface area contributed by atoms with E-state index in [0.717, 1.165) is 5.56 Å². The first-order valence-electron chi connectivity index (χ1n) is 8.39. The number of carbonyl (C=O) groups is 1. The first kappa shape index (κ1) is 19.3. The van der Waals surface area contributed by atoms with Crippen LogP contribution in [-0.2, 0) is 0 Å². The molecule has 4 N–H and O–H groups in total. The van der Waals surface area contributed by atoms with Crippen molar-refractivity contribution in [2.75, 3.05) is 24.7 Å². The van der Waals surface area contributed by atoms with Crippen molar-refractivity contribution in [2.45, 2.75) is 33.6 Å². The fourth-order valence-corrected chi connectivity index (χ4v) is 2.38. The average molecular weight is 359 g/mol. The van der Waals surface area contributed by atoms with Crippen molar-refractivity contribution in [3.63, 3.8) is 0 Å². The Kier molecular flexibility index (Phi) is 6.21. The molecule has 140 valence electrons. The van der Waals surface area contributed by atoms with Crippen LogP contribution in [0.1, 0.15) is 38.1 Å². The maximum Gasteiger partial charge on any atom is 0.319 e. The molecule has 8 nitrogen and oxygen atoms in total. The van der Waals surface area contributed by atoms with Crippen LogP contribution < -0.4 is 25.8 Å². The molecule has 0 bridgehead atoms. The van der Waals surface area contributed by atoms with Gasteiger partial charge in [-0.2, -0.15) is 0 Å². The van der Waals surface area contributed by atoms with E-state index in [-0.39, 0.29) is 17.8 Å². The molecule has 2 amide bonds.